The van der Waals surface area contributed by atoms with Gasteiger partial charge in [0.1, 0.15) is 0 Å². The van der Waals surface area contributed by atoms with Crippen molar-refractivity contribution in [2.24, 2.45) is 4.99 Å². The number of aliphatic imine (C=N–C) groups is 1. The molecule has 70 valence electrons. The Labute approximate surface area is 84.3 Å². The van der Waals surface area contributed by atoms with Crippen LogP contribution in [-0.2, 0) is 0 Å². The van der Waals surface area contributed by atoms with Gasteiger partial charge in [0.15, 0.2) is 0 Å². The van der Waals surface area contributed by atoms with Crippen LogP contribution in [0.5, 0.6) is 0 Å². The van der Waals surface area contributed by atoms with E-state index in [4.69, 9.17) is 0 Å². The fourth-order valence-electron chi connectivity index (χ4n) is 1.09. The van der Waals surface area contributed by atoms with Gasteiger partial charge in [-0.2, -0.15) is 0 Å². The van der Waals surface area contributed by atoms with Gasteiger partial charge >= 0.3 is 0 Å². The third-order valence-corrected chi connectivity index (χ3v) is 2.83. The third-order valence-electron chi connectivity index (χ3n) is 1.61. The molecule has 1 nitrogen and oxygen atoms in total. The van der Waals surface area contributed by atoms with E-state index in [0.29, 0.717) is 0 Å². The van der Waals surface area contributed by atoms with E-state index in [2.05, 4.69) is 30.1 Å². The zero-order valence-corrected chi connectivity index (χ0v) is 9.19. The van der Waals surface area contributed by atoms with Crippen LogP contribution in [0.25, 0.3) is 0 Å². The van der Waals surface area contributed by atoms with Crippen molar-refractivity contribution in [3.8, 4) is 0 Å². The second-order valence-corrected chi connectivity index (χ2v) is 3.62. The van der Waals surface area contributed by atoms with Gasteiger partial charge in [0.2, 0.25) is 0 Å². The average Bonchev–Trinajstić information content (AvgIpc) is 2.21. The summed E-state index contributed by atoms with van der Waals surface area (Å²) in [6, 6.07) is 8.27. The van der Waals surface area contributed by atoms with Crippen molar-refractivity contribution in [2.45, 2.75) is 25.7 Å². The number of rotatable bonds is 0. The minimum Gasteiger partial charge on any atom is -0.256 e. The molecule has 13 heavy (non-hydrogen) atoms. The molecule has 0 unspecified atom stereocenters. The summed E-state index contributed by atoms with van der Waals surface area (Å²) in [6.45, 7) is 6.07. The molecule has 1 heterocycles. The van der Waals surface area contributed by atoms with Gasteiger partial charge in [-0.25, -0.2) is 0 Å². The van der Waals surface area contributed by atoms with Gasteiger partial charge in [0, 0.05) is 16.4 Å². The van der Waals surface area contributed by atoms with Gasteiger partial charge in [0.25, 0.3) is 0 Å². The quantitative estimate of drug-likeness (QED) is 0.608. The number of para-hydroxylation sites is 1. The Morgan fingerprint density at radius 1 is 1.23 bits per heavy atom. The number of nitrogens with zero attached hydrogens (tertiary/aromatic N) is 1. The highest BCUT2D eigenvalue weighted by Crippen LogP contribution is 2.32. The van der Waals surface area contributed by atoms with Crippen LogP contribution in [0.1, 0.15) is 20.8 Å². The van der Waals surface area contributed by atoms with E-state index in [1.165, 1.54) is 10.6 Å². The summed E-state index contributed by atoms with van der Waals surface area (Å²) >= 11 is 1.87. The van der Waals surface area contributed by atoms with Gasteiger partial charge in [-0.3, -0.25) is 4.99 Å². The van der Waals surface area contributed by atoms with Gasteiger partial charge in [-0.05, 0) is 19.1 Å². The molecule has 1 aliphatic rings. The van der Waals surface area contributed by atoms with E-state index in [1.807, 2.05) is 31.7 Å². The van der Waals surface area contributed by atoms with Crippen molar-refractivity contribution in [3.63, 3.8) is 0 Å². The lowest BCUT2D eigenvalue weighted by molar-refractivity contribution is 1.34. The molecule has 0 aromatic heterocycles. The minimum absolute atomic E-state index is 1.04. The molecular formula is C11H15NS. The monoisotopic (exact) mass is 193 g/mol. The van der Waals surface area contributed by atoms with Crippen molar-refractivity contribution in [1.82, 2.24) is 0 Å². The van der Waals surface area contributed by atoms with E-state index in [9.17, 15) is 0 Å². The molecule has 0 saturated carbocycles. The maximum absolute atomic E-state index is 4.44. The lowest BCUT2D eigenvalue weighted by atomic mass is 10.3. The maximum Gasteiger partial charge on any atom is 0.0765 e. The molecule has 0 radical (unpaired) electrons. The Hall–Kier alpha value is -0.760. The number of thioether (sulfide) groups is 1. The highest BCUT2D eigenvalue weighted by atomic mass is 32.2. The third kappa shape index (κ3) is 2.59. The van der Waals surface area contributed by atoms with Gasteiger partial charge in [0.05, 0.1) is 5.69 Å². The largest absolute Gasteiger partial charge is 0.256 e. The number of hydrogen-bond acceptors (Lipinski definition) is 2. The lowest BCUT2D eigenvalue weighted by Gasteiger charge is -2.11. The van der Waals surface area contributed by atoms with Crippen LogP contribution in [0, 0.1) is 0 Å². The van der Waals surface area contributed by atoms with Crippen LogP contribution in [0.4, 0.5) is 5.69 Å². The predicted molar refractivity (Wildman–Crippen MR) is 61.3 cm³/mol. The first-order chi connectivity index (χ1) is 6.36. The highest BCUT2D eigenvalue weighted by molar-refractivity contribution is 8.00. The SMILES string of the molecule is CC.CC1=Nc2ccccc2SC1. The van der Waals surface area contributed by atoms with Gasteiger partial charge < -0.3 is 0 Å². The molecule has 0 amide bonds. The summed E-state index contributed by atoms with van der Waals surface area (Å²) in [4.78, 5) is 5.75. The molecule has 1 aliphatic heterocycles. The number of fused-ring (bicyclic) bond motifs is 1. The Kier molecular flexibility index (Phi) is 4.03. The second kappa shape index (κ2) is 5.07. The molecule has 1 aromatic carbocycles. The Bertz CT molecular complexity index is 305. The Balaban J connectivity index is 0.000000396. The van der Waals surface area contributed by atoms with Crippen molar-refractivity contribution in [1.29, 1.82) is 0 Å². The molecule has 0 fully saturated rings. The molecule has 0 atom stereocenters. The molecule has 2 heteroatoms. The van der Waals surface area contributed by atoms with E-state index in [-0.39, 0.29) is 0 Å². The first kappa shape index (κ1) is 10.3. The summed E-state index contributed by atoms with van der Waals surface area (Å²) in [5.41, 5.74) is 2.34. The van der Waals surface area contributed by atoms with Crippen LogP contribution in [0.2, 0.25) is 0 Å². The number of hydrogen-bond donors (Lipinski definition) is 0. The van der Waals surface area contributed by atoms with Crippen LogP contribution in [-0.4, -0.2) is 11.5 Å². The maximum atomic E-state index is 4.44. The van der Waals surface area contributed by atoms with Gasteiger partial charge in [-0.1, -0.05) is 26.0 Å². The zero-order chi connectivity index (χ0) is 9.68. The molecule has 0 saturated heterocycles. The summed E-state index contributed by atoms with van der Waals surface area (Å²) in [6.07, 6.45) is 0. The molecular weight excluding hydrogens is 178 g/mol. The first-order valence-electron chi connectivity index (χ1n) is 4.62. The fourth-order valence-corrected chi connectivity index (χ4v) is 1.96. The van der Waals surface area contributed by atoms with E-state index >= 15 is 0 Å². The molecule has 0 N–H and O–H groups in total. The smallest absolute Gasteiger partial charge is 0.0765 e. The van der Waals surface area contributed by atoms with Crippen molar-refractivity contribution < 1.29 is 0 Å². The number of benzene rings is 1. The van der Waals surface area contributed by atoms with Gasteiger partial charge in [-0.15, -0.1) is 11.8 Å². The van der Waals surface area contributed by atoms with Crippen LogP contribution < -0.4 is 0 Å². The van der Waals surface area contributed by atoms with E-state index < -0.39 is 0 Å². The van der Waals surface area contributed by atoms with Crippen molar-refractivity contribution in [3.05, 3.63) is 24.3 Å². The summed E-state index contributed by atoms with van der Waals surface area (Å²) < 4.78 is 0. The molecule has 0 bridgehead atoms. The summed E-state index contributed by atoms with van der Waals surface area (Å²) in [7, 11) is 0. The van der Waals surface area contributed by atoms with Crippen molar-refractivity contribution in [2.75, 3.05) is 5.75 Å². The Morgan fingerprint density at radius 2 is 1.92 bits per heavy atom. The zero-order valence-electron chi connectivity index (χ0n) is 8.37. The standard InChI is InChI=1S/C9H9NS.C2H6/c1-7-6-11-9-5-3-2-4-8(9)10-7;1-2/h2-5H,6H2,1H3;1-2H3. The van der Waals surface area contributed by atoms with E-state index in [1.54, 1.807) is 0 Å². The van der Waals surface area contributed by atoms with Crippen molar-refractivity contribution >= 4 is 23.2 Å². The topological polar surface area (TPSA) is 12.4 Å². The van der Waals surface area contributed by atoms with E-state index in [0.717, 1.165) is 11.4 Å². The lowest BCUT2D eigenvalue weighted by Crippen LogP contribution is -1.98. The van der Waals surface area contributed by atoms with Crippen LogP contribution in [0.15, 0.2) is 34.2 Å². The van der Waals surface area contributed by atoms with Crippen LogP contribution >= 0.6 is 11.8 Å². The molecule has 2 rings (SSSR count). The average molecular weight is 193 g/mol. The van der Waals surface area contributed by atoms with Crippen LogP contribution in [0.3, 0.4) is 0 Å². The summed E-state index contributed by atoms with van der Waals surface area (Å²) in [5.74, 6) is 1.04. The Morgan fingerprint density at radius 3 is 2.69 bits per heavy atom. The highest BCUT2D eigenvalue weighted by Gasteiger charge is 2.07. The second-order valence-electron chi connectivity index (χ2n) is 2.60. The fraction of sp³-hybridized carbons (Fsp3) is 0.364. The normalized spacial score (nSPS) is 13.6. The predicted octanol–water partition coefficient (Wildman–Crippen LogP) is 3.91. The summed E-state index contributed by atoms with van der Waals surface area (Å²) in [5, 5.41) is 0. The molecule has 1 aromatic rings. The minimum atomic E-state index is 1.04. The first-order valence-corrected chi connectivity index (χ1v) is 5.61. The molecule has 0 spiro atoms. The molecule has 0 aliphatic carbocycles.